The Morgan fingerprint density at radius 2 is 2.24 bits per heavy atom. The number of nitrogens with zero attached hydrogens (tertiary/aromatic N) is 5. The highest BCUT2D eigenvalue weighted by Gasteiger charge is 2.54. The van der Waals surface area contributed by atoms with Crippen molar-refractivity contribution in [2.75, 3.05) is 22.7 Å². The topological polar surface area (TPSA) is 166 Å². The lowest BCUT2D eigenvalue weighted by Gasteiger charge is -2.49. The predicted molar refractivity (Wildman–Crippen MR) is 138 cm³/mol. The minimum absolute atomic E-state index is 0.0657. The largest absolute Gasteiger partial charge is 0.477 e. The fraction of sp³-hybridized carbons (Fsp3) is 0.421. The molecule has 196 valence electrons. The van der Waals surface area contributed by atoms with Gasteiger partial charge in [0.25, 0.3) is 11.8 Å². The number of hydrogen-bond donors (Lipinski definition) is 3. The third kappa shape index (κ3) is 5.41. The van der Waals surface area contributed by atoms with E-state index in [-0.39, 0.29) is 28.7 Å². The summed E-state index contributed by atoms with van der Waals surface area (Å²) in [5, 5.41) is 23.7. The normalized spacial score (nSPS) is 26.5. The van der Waals surface area contributed by atoms with Crippen molar-refractivity contribution >= 4 is 87.4 Å². The summed E-state index contributed by atoms with van der Waals surface area (Å²) in [5.74, 6) is -1.24. The lowest BCUT2D eigenvalue weighted by molar-refractivity contribution is -0.150. The number of nitrogens with one attached hydrogen (secondary N) is 2. The molecule has 0 spiro atoms. The van der Waals surface area contributed by atoms with Gasteiger partial charge in [0.1, 0.15) is 29.0 Å². The average molecular weight is 588 g/mol. The highest BCUT2D eigenvalue weighted by molar-refractivity contribution is 8.13. The molecule has 3 aliphatic heterocycles. The predicted octanol–water partition coefficient (Wildman–Crippen LogP) is 0.879. The third-order valence-electron chi connectivity index (χ3n) is 5.44. The van der Waals surface area contributed by atoms with Crippen molar-refractivity contribution in [3.05, 3.63) is 22.3 Å². The van der Waals surface area contributed by atoms with Crippen molar-refractivity contribution in [3.63, 3.8) is 0 Å². The molecule has 0 bridgehead atoms. The molecular formula is C19H18FN7O6S4. The Bertz CT molecular complexity index is 1230. The van der Waals surface area contributed by atoms with Gasteiger partial charge in [0, 0.05) is 23.3 Å². The van der Waals surface area contributed by atoms with Gasteiger partial charge in [0.15, 0.2) is 16.9 Å². The monoisotopic (exact) mass is 587 g/mol. The molecule has 1 aromatic heterocycles. The first-order chi connectivity index (χ1) is 17.9. The molecule has 1 saturated heterocycles. The summed E-state index contributed by atoms with van der Waals surface area (Å²) in [4.78, 5) is 59.2. The van der Waals surface area contributed by atoms with E-state index in [4.69, 9.17) is 4.84 Å². The van der Waals surface area contributed by atoms with E-state index >= 15 is 0 Å². The van der Waals surface area contributed by atoms with E-state index < -0.39 is 41.5 Å². The zero-order valence-electron chi connectivity index (χ0n) is 18.6. The molecule has 5 rings (SSSR count). The number of carboxylic acids is 1. The molecule has 1 saturated carbocycles. The first kappa shape index (κ1) is 25.8. The maximum atomic E-state index is 13.2. The molecule has 4 aliphatic rings. The summed E-state index contributed by atoms with van der Waals surface area (Å²) in [7, 11) is 0. The van der Waals surface area contributed by atoms with Crippen LogP contribution in [0.15, 0.2) is 26.9 Å². The van der Waals surface area contributed by atoms with Crippen LogP contribution < -0.4 is 10.6 Å². The standard InChI is InChI=1S/C19H18FN7O6S4/c20-9-1-11(9)33-25-12(10-4-36-19(23-10)21-5-28)15(29)24-13-16(30)27-14(18(31)32)8(2-35-17(13)27)3-37-26-7-34-6-22-26/h4-6,9,11,13,17H,1-3,7H2,(H,24,29)(H,31,32)(H,21,23,28)/t9?,11?,13-,17+/m1/s1. The number of halogens is 1. The fourth-order valence-corrected chi connectivity index (χ4v) is 7.29. The number of oxime groups is 1. The molecule has 18 heteroatoms. The number of fused-ring (bicyclic) bond motifs is 1. The van der Waals surface area contributed by atoms with Crippen LogP contribution in [0.4, 0.5) is 9.52 Å². The SMILES string of the molecule is O=CNc1nc(C(=NOC2CC2F)C(=O)N[C@@H]2C(=O)N3C(C(=O)O)=C(CSN4CSC=N4)CS[C@@H]23)cs1. The summed E-state index contributed by atoms with van der Waals surface area (Å²) in [6.45, 7) is 0. The molecule has 13 nitrogen and oxygen atoms in total. The number of amides is 3. The summed E-state index contributed by atoms with van der Waals surface area (Å²) in [6.07, 6.45) is -1.38. The number of anilines is 1. The molecule has 0 radical (unpaired) electrons. The van der Waals surface area contributed by atoms with E-state index in [0.29, 0.717) is 29.4 Å². The molecule has 3 amide bonds. The summed E-state index contributed by atoms with van der Waals surface area (Å²) in [6, 6.07) is -1.01. The van der Waals surface area contributed by atoms with Crippen LogP contribution in [0.25, 0.3) is 0 Å². The lowest BCUT2D eigenvalue weighted by atomic mass is 10.0. The van der Waals surface area contributed by atoms with E-state index in [0.717, 1.165) is 11.3 Å². The van der Waals surface area contributed by atoms with Crippen molar-refractivity contribution in [1.82, 2.24) is 19.6 Å². The Balaban J connectivity index is 1.29. The summed E-state index contributed by atoms with van der Waals surface area (Å²) < 4.78 is 15.0. The summed E-state index contributed by atoms with van der Waals surface area (Å²) >= 11 is 5.24. The van der Waals surface area contributed by atoms with Gasteiger partial charge in [0.2, 0.25) is 6.41 Å². The quantitative estimate of drug-likeness (QED) is 0.111. The number of β-lactam (4-membered cyclic amide) rings is 1. The number of thioether (sulfide) groups is 2. The van der Waals surface area contributed by atoms with Crippen LogP contribution in [0.2, 0.25) is 0 Å². The van der Waals surface area contributed by atoms with Gasteiger partial charge >= 0.3 is 5.97 Å². The van der Waals surface area contributed by atoms with E-state index in [1.807, 2.05) is 0 Å². The van der Waals surface area contributed by atoms with Crippen LogP contribution in [0.5, 0.6) is 0 Å². The Hall–Kier alpha value is -2.83. The molecule has 3 N–H and O–H groups in total. The van der Waals surface area contributed by atoms with Crippen LogP contribution in [0, 0.1) is 0 Å². The number of carbonyl (C=O) groups is 4. The Morgan fingerprint density at radius 1 is 1.43 bits per heavy atom. The van der Waals surface area contributed by atoms with Gasteiger partial charge in [-0.1, -0.05) is 16.9 Å². The maximum absolute atomic E-state index is 13.2. The summed E-state index contributed by atoms with van der Waals surface area (Å²) in [5.41, 5.74) is 1.97. The zero-order valence-corrected chi connectivity index (χ0v) is 21.9. The van der Waals surface area contributed by atoms with Crippen molar-refractivity contribution in [1.29, 1.82) is 0 Å². The van der Waals surface area contributed by atoms with Crippen molar-refractivity contribution in [2.45, 2.75) is 30.1 Å². The minimum atomic E-state index is -1.23. The Labute approximate surface area is 225 Å². The Morgan fingerprint density at radius 3 is 2.92 bits per heavy atom. The van der Waals surface area contributed by atoms with Crippen LogP contribution in [-0.4, -0.2) is 95.9 Å². The van der Waals surface area contributed by atoms with Crippen LogP contribution in [0.3, 0.4) is 0 Å². The maximum Gasteiger partial charge on any atom is 0.352 e. The van der Waals surface area contributed by atoms with E-state index in [1.165, 1.54) is 45.8 Å². The van der Waals surface area contributed by atoms with Gasteiger partial charge in [-0.25, -0.2) is 18.6 Å². The molecule has 2 fully saturated rings. The average Bonchev–Trinajstić information content (AvgIpc) is 3.24. The third-order valence-corrected chi connectivity index (χ3v) is 9.35. The molecule has 1 aromatic rings. The molecule has 2 unspecified atom stereocenters. The number of thiazole rings is 1. The zero-order chi connectivity index (χ0) is 26.1. The van der Waals surface area contributed by atoms with E-state index in [1.54, 1.807) is 9.96 Å². The first-order valence-corrected chi connectivity index (χ1v) is 14.6. The number of hydrogen-bond acceptors (Lipinski definition) is 13. The van der Waals surface area contributed by atoms with Gasteiger partial charge in [-0.3, -0.25) is 19.3 Å². The molecule has 1 aliphatic carbocycles. The van der Waals surface area contributed by atoms with Crippen LogP contribution >= 0.6 is 46.8 Å². The fourth-order valence-electron chi connectivity index (χ4n) is 3.52. The molecule has 0 aromatic carbocycles. The number of aromatic nitrogens is 1. The van der Waals surface area contributed by atoms with E-state index in [2.05, 4.69) is 25.9 Å². The van der Waals surface area contributed by atoms with Crippen molar-refractivity contribution in [3.8, 4) is 0 Å². The number of carbonyl (C=O) groups excluding carboxylic acids is 3. The van der Waals surface area contributed by atoms with E-state index in [9.17, 15) is 28.7 Å². The highest BCUT2D eigenvalue weighted by Crippen LogP contribution is 2.41. The first-order valence-electron chi connectivity index (χ1n) is 10.7. The molecule has 4 heterocycles. The minimum Gasteiger partial charge on any atom is -0.477 e. The lowest BCUT2D eigenvalue weighted by Crippen LogP contribution is -2.71. The smallest absolute Gasteiger partial charge is 0.352 e. The van der Waals surface area contributed by atoms with Crippen LogP contribution in [-0.2, 0) is 24.0 Å². The number of carboxylic acid groups (broad SMARTS) is 1. The van der Waals surface area contributed by atoms with Gasteiger partial charge in [-0.05, 0) is 17.5 Å². The second-order valence-corrected chi connectivity index (χ2v) is 11.6. The van der Waals surface area contributed by atoms with Gasteiger partial charge < -0.3 is 20.6 Å². The van der Waals surface area contributed by atoms with Gasteiger partial charge in [-0.15, -0.1) is 23.1 Å². The Kier molecular flexibility index (Phi) is 7.59. The molecule has 4 atom stereocenters. The van der Waals surface area contributed by atoms with Crippen molar-refractivity contribution in [2.24, 2.45) is 10.3 Å². The number of aliphatic carboxylic acids is 1. The second kappa shape index (κ2) is 10.9. The highest BCUT2D eigenvalue weighted by atomic mass is 32.2. The number of alkyl halides is 1. The van der Waals surface area contributed by atoms with Crippen molar-refractivity contribution < 1.29 is 33.5 Å². The van der Waals surface area contributed by atoms with Gasteiger partial charge in [-0.2, -0.15) is 5.10 Å². The number of hydrazone groups is 1. The second-order valence-electron chi connectivity index (χ2n) is 7.90. The van der Waals surface area contributed by atoms with Crippen LogP contribution in [0.1, 0.15) is 12.1 Å². The number of rotatable bonds is 11. The molecular weight excluding hydrogens is 570 g/mol. The molecule has 37 heavy (non-hydrogen) atoms. The van der Waals surface area contributed by atoms with Gasteiger partial charge in [0.05, 0.1) is 11.4 Å².